The molecule has 1 aromatic carbocycles. The molecular formula is C20H21FN6O2S. The number of pyridine rings is 1. The molecule has 0 amide bonds. The van der Waals surface area contributed by atoms with Crippen LogP contribution in [0.1, 0.15) is 5.56 Å². The molecular weight excluding hydrogens is 407 g/mol. The van der Waals surface area contributed by atoms with Gasteiger partial charge >= 0.3 is 0 Å². The predicted molar refractivity (Wildman–Crippen MR) is 112 cm³/mol. The molecule has 3 heterocycles. The van der Waals surface area contributed by atoms with E-state index in [0.717, 1.165) is 5.69 Å². The number of piperazine rings is 1. The summed E-state index contributed by atoms with van der Waals surface area (Å²) in [4.78, 5) is 6.02. The number of halogens is 1. The van der Waals surface area contributed by atoms with Gasteiger partial charge in [0.25, 0.3) is 0 Å². The highest BCUT2D eigenvalue weighted by molar-refractivity contribution is 7.88. The second kappa shape index (κ2) is 8.72. The van der Waals surface area contributed by atoms with Gasteiger partial charge in [-0.2, -0.15) is 4.31 Å². The maximum atomic E-state index is 13.8. The Balaban J connectivity index is 1.35. The normalized spacial score (nSPS) is 15.2. The Morgan fingerprint density at radius 1 is 0.967 bits per heavy atom. The van der Waals surface area contributed by atoms with Crippen LogP contribution in [0, 0.1) is 5.82 Å². The summed E-state index contributed by atoms with van der Waals surface area (Å²) in [6.07, 6.45) is 3.38. The number of benzene rings is 1. The number of hydrogen-bond donors (Lipinski definition) is 1. The van der Waals surface area contributed by atoms with Crippen molar-refractivity contribution in [2.24, 2.45) is 0 Å². The molecule has 1 aliphatic rings. The van der Waals surface area contributed by atoms with Crippen molar-refractivity contribution in [2.75, 3.05) is 36.4 Å². The maximum absolute atomic E-state index is 13.8. The number of rotatable bonds is 6. The van der Waals surface area contributed by atoms with Crippen LogP contribution in [0.4, 0.5) is 21.7 Å². The first kappa shape index (κ1) is 20.2. The number of sulfonamides is 1. The average molecular weight is 428 g/mol. The number of anilines is 3. The molecule has 2 aromatic heterocycles. The molecule has 1 aliphatic heterocycles. The van der Waals surface area contributed by atoms with Gasteiger partial charge in [0.2, 0.25) is 10.0 Å². The Morgan fingerprint density at radius 2 is 1.77 bits per heavy atom. The zero-order valence-corrected chi connectivity index (χ0v) is 17.0. The SMILES string of the molecule is O=S(=O)(Cc1ccccc1F)N1CCN(c2ccc(Nc3cccnc3)nn2)CC1. The van der Waals surface area contributed by atoms with Crippen LogP contribution in [-0.4, -0.2) is 54.1 Å². The van der Waals surface area contributed by atoms with Crippen molar-refractivity contribution in [3.63, 3.8) is 0 Å². The first-order chi connectivity index (χ1) is 14.5. The van der Waals surface area contributed by atoms with Crippen LogP contribution in [0.5, 0.6) is 0 Å². The number of aromatic nitrogens is 3. The van der Waals surface area contributed by atoms with E-state index in [0.29, 0.717) is 37.8 Å². The summed E-state index contributed by atoms with van der Waals surface area (Å²) in [6.45, 7) is 1.60. The molecule has 1 fully saturated rings. The van der Waals surface area contributed by atoms with E-state index >= 15 is 0 Å². The molecule has 1 saturated heterocycles. The fraction of sp³-hybridized carbons (Fsp3) is 0.250. The van der Waals surface area contributed by atoms with E-state index in [9.17, 15) is 12.8 Å². The van der Waals surface area contributed by atoms with Gasteiger partial charge in [-0.1, -0.05) is 18.2 Å². The summed E-state index contributed by atoms with van der Waals surface area (Å²) in [5, 5.41) is 11.5. The minimum absolute atomic E-state index is 0.183. The largest absolute Gasteiger partial charge is 0.352 e. The van der Waals surface area contributed by atoms with E-state index in [-0.39, 0.29) is 11.3 Å². The van der Waals surface area contributed by atoms with Gasteiger partial charge in [0, 0.05) is 37.9 Å². The Labute approximate surface area is 174 Å². The molecule has 1 N–H and O–H groups in total. The second-order valence-corrected chi connectivity index (χ2v) is 8.85. The lowest BCUT2D eigenvalue weighted by Crippen LogP contribution is -2.49. The predicted octanol–water partition coefficient (Wildman–Crippen LogP) is 2.41. The van der Waals surface area contributed by atoms with E-state index in [1.165, 1.54) is 16.4 Å². The Morgan fingerprint density at radius 3 is 2.43 bits per heavy atom. The van der Waals surface area contributed by atoms with Crippen LogP contribution in [0.25, 0.3) is 0 Å². The van der Waals surface area contributed by atoms with Gasteiger partial charge in [-0.25, -0.2) is 12.8 Å². The molecule has 30 heavy (non-hydrogen) atoms. The monoisotopic (exact) mass is 428 g/mol. The summed E-state index contributed by atoms with van der Waals surface area (Å²) in [6, 6.07) is 13.3. The molecule has 0 radical (unpaired) electrons. The van der Waals surface area contributed by atoms with Crippen LogP contribution in [0.3, 0.4) is 0 Å². The first-order valence-corrected chi connectivity index (χ1v) is 11.1. The van der Waals surface area contributed by atoms with Gasteiger partial charge in [0.15, 0.2) is 11.6 Å². The van der Waals surface area contributed by atoms with Crippen LogP contribution in [-0.2, 0) is 15.8 Å². The van der Waals surface area contributed by atoms with Crippen LogP contribution < -0.4 is 10.2 Å². The zero-order valence-electron chi connectivity index (χ0n) is 16.1. The summed E-state index contributed by atoms with van der Waals surface area (Å²) >= 11 is 0. The Kier molecular flexibility index (Phi) is 5.86. The summed E-state index contributed by atoms with van der Waals surface area (Å²) in [7, 11) is -3.59. The highest BCUT2D eigenvalue weighted by Crippen LogP contribution is 2.20. The molecule has 4 rings (SSSR count). The molecule has 0 atom stereocenters. The minimum Gasteiger partial charge on any atom is -0.352 e. The second-order valence-electron chi connectivity index (χ2n) is 6.88. The summed E-state index contributed by atoms with van der Waals surface area (Å²) in [5.41, 5.74) is 0.996. The van der Waals surface area contributed by atoms with E-state index in [2.05, 4.69) is 20.5 Å². The van der Waals surface area contributed by atoms with Crippen molar-refractivity contribution in [1.82, 2.24) is 19.5 Å². The molecule has 0 bridgehead atoms. The average Bonchev–Trinajstić information content (AvgIpc) is 2.77. The van der Waals surface area contributed by atoms with Gasteiger partial charge in [-0.3, -0.25) is 4.98 Å². The van der Waals surface area contributed by atoms with Crippen molar-refractivity contribution in [2.45, 2.75) is 5.75 Å². The van der Waals surface area contributed by atoms with E-state index in [1.54, 1.807) is 24.5 Å². The molecule has 0 aliphatic carbocycles. The lowest BCUT2D eigenvalue weighted by molar-refractivity contribution is 0.382. The maximum Gasteiger partial charge on any atom is 0.218 e. The van der Waals surface area contributed by atoms with Crippen molar-refractivity contribution >= 4 is 27.3 Å². The number of nitrogens with one attached hydrogen (secondary N) is 1. The summed E-state index contributed by atoms with van der Waals surface area (Å²) in [5.74, 6) is 0.430. The van der Waals surface area contributed by atoms with Gasteiger partial charge < -0.3 is 10.2 Å². The first-order valence-electron chi connectivity index (χ1n) is 9.48. The quantitative estimate of drug-likeness (QED) is 0.645. The lowest BCUT2D eigenvalue weighted by atomic mass is 10.2. The van der Waals surface area contributed by atoms with Crippen molar-refractivity contribution < 1.29 is 12.8 Å². The van der Waals surface area contributed by atoms with Gasteiger partial charge in [0.05, 0.1) is 17.6 Å². The molecule has 0 unspecified atom stereocenters. The van der Waals surface area contributed by atoms with Crippen molar-refractivity contribution in [3.05, 3.63) is 72.3 Å². The highest BCUT2D eigenvalue weighted by atomic mass is 32.2. The third-order valence-corrected chi connectivity index (χ3v) is 6.66. The van der Waals surface area contributed by atoms with Gasteiger partial charge in [-0.05, 0) is 30.3 Å². The van der Waals surface area contributed by atoms with Crippen LogP contribution >= 0.6 is 0 Å². The number of hydrogen-bond acceptors (Lipinski definition) is 7. The standard InChI is InChI=1S/C20H21FN6O2S/c21-18-6-2-1-4-16(18)15-30(28,29)27-12-10-26(11-13-27)20-8-7-19(24-25-20)23-17-5-3-9-22-14-17/h1-9,14H,10-13,15H2,(H,23,24). The van der Waals surface area contributed by atoms with Gasteiger partial charge in [-0.15, -0.1) is 10.2 Å². The number of nitrogens with zero attached hydrogens (tertiary/aromatic N) is 5. The van der Waals surface area contributed by atoms with Crippen molar-refractivity contribution in [3.8, 4) is 0 Å². The van der Waals surface area contributed by atoms with E-state index in [4.69, 9.17) is 0 Å². The summed E-state index contributed by atoms with van der Waals surface area (Å²) < 4.78 is 40.6. The zero-order chi connectivity index (χ0) is 21.0. The fourth-order valence-electron chi connectivity index (χ4n) is 3.24. The fourth-order valence-corrected chi connectivity index (χ4v) is 4.77. The lowest BCUT2D eigenvalue weighted by Gasteiger charge is -2.34. The van der Waals surface area contributed by atoms with Crippen molar-refractivity contribution in [1.29, 1.82) is 0 Å². The van der Waals surface area contributed by atoms with E-state index < -0.39 is 15.8 Å². The van der Waals surface area contributed by atoms with E-state index in [1.807, 2.05) is 29.2 Å². The molecule has 0 spiro atoms. The molecule has 156 valence electrons. The van der Waals surface area contributed by atoms with Gasteiger partial charge in [0.1, 0.15) is 5.82 Å². The Bertz CT molecular complexity index is 1090. The van der Waals surface area contributed by atoms with Crippen LogP contribution in [0.15, 0.2) is 60.9 Å². The topological polar surface area (TPSA) is 91.3 Å². The molecule has 10 heteroatoms. The van der Waals surface area contributed by atoms with Crippen LogP contribution in [0.2, 0.25) is 0 Å². The molecule has 8 nitrogen and oxygen atoms in total. The highest BCUT2D eigenvalue weighted by Gasteiger charge is 2.28. The molecule has 0 saturated carbocycles. The third-order valence-electron chi connectivity index (χ3n) is 4.84. The molecule has 3 aromatic rings. The Hall–Kier alpha value is -3.11. The smallest absolute Gasteiger partial charge is 0.218 e. The third kappa shape index (κ3) is 4.71. The minimum atomic E-state index is -3.59.